The molecule has 3 heteroatoms. The molecule has 0 saturated carbocycles. The van der Waals surface area contributed by atoms with Gasteiger partial charge in [0.15, 0.2) is 11.5 Å². The van der Waals surface area contributed by atoms with Crippen molar-refractivity contribution in [1.82, 2.24) is 0 Å². The van der Waals surface area contributed by atoms with Gasteiger partial charge in [-0.1, -0.05) is 117 Å². The normalized spacial score (nSPS) is 10.3. The molecule has 4 aromatic rings. The van der Waals surface area contributed by atoms with Crippen LogP contribution in [0.15, 0.2) is 111 Å². The van der Waals surface area contributed by atoms with Gasteiger partial charge in [-0.05, 0) is 45.5 Å². The van der Waals surface area contributed by atoms with Crippen LogP contribution in [0.3, 0.4) is 0 Å². The SMILES string of the molecule is C=Cc1ccc(COc2cccc(OCc3ccc(C=C)cc3)c2OCc2ccc(C=C)cc2)cc1. The first-order chi connectivity index (χ1) is 17.7. The topological polar surface area (TPSA) is 27.7 Å². The second-order valence-corrected chi connectivity index (χ2v) is 8.29. The van der Waals surface area contributed by atoms with E-state index < -0.39 is 0 Å². The van der Waals surface area contributed by atoms with Gasteiger partial charge in [0, 0.05) is 0 Å². The lowest BCUT2D eigenvalue weighted by molar-refractivity contribution is 0.230. The van der Waals surface area contributed by atoms with E-state index in [1.807, 2.05) is 109 Å². The van der Waals surface area contributed by atoms with Crippen LogP contribution in [0.2, 0.25) is 0 Å². The quantitative estimate of drug-likeness (QED) is 0.206. The Morgan fingerprint density at radius 1 is 0.444 bits per heavy atom. The van der Waals surface area contributed by atoms with Crippen molar-refractivity contribution in [1.29, 1.82) is 0 Å². The van der Waals surface area contributed by atoms with E-state index in [9.17, 15) is 0 Å². The Bertz CT molecular complexity index is 1230. The fourth-order valence-corrected chi connectivity index (χ4v) is 3.59. The zero-order valence-electron chi connectivity index (χ0n) is 20.4. The summed E-state index contributed by atoms with van der Waals surface area (Å²) in [6, 6.07) is 30.0. The van der Waals surface area contributed by atoms with E-state index in [-0.39, 0.29) is 0 Å². The summed E-state index contributed by atoms with van der Waals surface area (Å²) >= 11 is 0. The number of ether oxygens (including phenoxy) is 3. The zero-order chi connectivity index (χ0) is 25.2. The van der Waals surface area contributed by atoms with Crippen LogP contribution in [0, 0.1) is 0 Å². The highest BCUT2D eigenvalue weighted by atomic mass is 16.5. The summed E-state index contributed by atoms with van der Waals surface area (Å²) in [5.41, 5.74) is 6.36. The summed E-state index contributed by atoms with van der Waals surface area (Å²) in [7, 11) is 0. The molecule has 0 heterocycles. The molecule has 0 aliphatic carbocycles. The molecule has 0 aliphatic rings. The van der Waals surface area contributed by atoms with Crippen LogP contribution in [0.4, 0.5) is 0 Å². The molecule has 0 aromatic heterocycles. The van der Waals surface area contributed by atoms with Crippen LogP contribution < -0.4 is 14.2 Å². The first kappa shape index (κ1) is 24.6. The van der Waals surface area contributed by atoms with Gasteiger partial charge >= 0.3 is 0 Å². The Hall–Kier alpha value is -4.50. The maximum atomic E-state index is 6.28. The van der Waals surface area contributed by atoms with Crippen LogP contribution >= 0.6 is 0 Å². The Morgan fingerprint density at radius 3 is 1.11 bits per heavy atom. The Balaban J connectivity index is 1.53. The van der Waals surface area contributed by atoms with Gasteiger partial charge in [0.2, 0.25) is 5.75 Å². The molecule has 4 rings (SSSR count). The first-order valence-electron chi connectivity index (χ1n) is 11.8. The predicted molar refractivity (Wildman–Crippen MR) is 149 cm³/mol. The number of rotatable bonds is 12. The molecular weight excluding hydrogens is 444 g/mol. The average Bonchev–Trinajstić information content (AvgIpc) is 2.95. The van der Waals surface area contributed by atoms with E-state index in [1.165, 1.54) is 0 Å². The molecule has 0 radical (unpaired) electrons. The van der Waals surface area contributed by atoms with Crippen molar-refractivity contribution >= 4 is 18.2 Å². The second-order valence-electron chi connectivity index (χ2n) is 8.29. The molecule has 0 saturated heterocycles. The Labute approximate surface area is 213 Å². The van der Waals surface area contributed by atoms with Gasteiger partial charge in [-0.25, -0.2) is 0 Å². The molecule has 180 valence electrons. The van der Waals surface area contributed by atoms with Crippen LogP contribution in [-0.4, -0.2) is 0 Å². The summed E-state index contributed by atoms with van der Waals surface area (Å²) in [5.74, 6) is 1.84. The molecule has 4 aromatic carbocycles. The zero-order valence-corrected chi connectivity index (χ0v) is 20.4. The van der Waals surface area contributed by atoms with E-state index in [0.717, 1.165) is 33.4 Å². The third-order valence-electron chi connectivity index (χ3n) is 5.76. The smallest absolute Gasteiger partial charge is 0.203 e. The summed E-state index contributed by atoms with van der Waals surface area (Å²) in [6.45, 7) is 12.6. The van der Waals surface area contributed by atoms with Crippen LogP contribution in [0.1, 0.15) is 33.4 Å². The number of benzene rings is 4. The highest BCUT2D eigenvalue weighted by Crippen LogP contribution is 2.38. The second kappa shape index (κ2) is 12.3. The van der Waals surface area contributed by atoms with Gasteiger partial charge < -0.3 is 14.2 Å². The van der Waals surface area contributed by atoms with E-state index in [1.54, 1.807) is 0 Å². The third-order valence-corrected chi connectivity index (χ3v) is 5.76. The minimum atomic E-state index is 0.385. The minimum Gasteiger partial charge on any atom is -0.485 e. The average molecular weight is 475 g/mol. The lowest BCUT2D eigenvalue weighted by atomic mass is 10.1. The van der Waals surface area contributed by atoms with Gasteiger partial charge in [-0.3, -0.25) is 0 Å². The van der Waals surface area contributed by atoms with Gasteiger partial charge in [0.1, 0.15) is 19.8 Å². The van der Waals surface area contributed by atoms with Crippen LogP contribution in [-0.2, 0) is 19.8 Å². The molecular formula is C33H30O3. The summed E-state index contributed by atoms with van der Waals surface area (Å²) in [5, 5.41) is 0. The minimum absolute atomic E-state index is 0.385. The highest BCUT2D eigenvalue weighted by Gasteiger charge is 2.14. The van der Waals surface area contributed by atoms with E-state index in [2.05, 4.69) is 19.7 Å². The van der Waals surface area contributed by atoms with Crippen LogP contribution in [0.5, 0.6) is 17.2 Å². The van der Waals surface area contributed by atoms with E-state index in [4.69, 9.17) is 14.2 Å². The molecule has 0 fully saturated rings. The van der Waals surface area contributed by atoms with Gasteiger partial charge in [0.05, 0.1) is 0 Å². The van der Waals surface area contributed by atoms with Gasteiger partial charge in [-0.2, -0.15) is 0 Å². The Morgan fingerprint density at radius 2 is 0.778 bits per heavy atom. The van der Waals surface area contributed by atoms with Crippen molar-refractivity contribution in [3.8, 4) is 17.2 Å². The maximum Gasteiger partial charge on any atom is 0.203 e. The first-order valence-corrected chi connectivity index (χ1v) is 11.8. The molecule has 0 spiro atoms. The van der Waals surface area contributed by atoms with Crippen molar-refractivity contribution in [2.24, 2.45) is 0 Å². The van der Waals surface area contributed by atoms with E-state index in [0.29, 0.717) is 37.1 Å². The number of hydrogen-bond acceptors (Lipinski definition) is 3. The van der Waals surface area contributed by atoms with Crippen molar-refractivity contribution in [3.05, 3.63) is 144 Å². The molecule has 0 amide bonds. The molecule has 0 unspecified atom stereocenters. The third kappa shape index (κ3) is 6.55. The number of para-hydroxylation sites is 1. The Kier molecular flexibility index (Phi) is 8.39. The van der Waals surface area contributed by atoms with Crippen molar-refractivity contribution < 1.29 is 14.2 Å². The monoisotopic (exact) mass is 474 g/mol. The molecule has 0 atom stereocenters. The lowest BCUT2D eigenvalue weighted by Gasteiger charge is -2.17. The van der Waals surface area contributed by atoms with Crippen molar-refractivity contribution in [2.75, 3.05) is 0 Å². The predicted octanol–water partition coefficient (Wildman–Crippen LogP) is 8.35. The van der Waals surface area contributed by atoms with E-state index >= 15 is 0 Å². The van der Waals surface area contributed by atoms with Crippen LogP contribution in [0.25, 0.3) is 18.2 Å². The standard InChI is InChI=1S/C33H30O3/c1-4-25-10-16-28(17-11-25)22-34-31-8-7-9-32(35-23-29-18-12-26(5-2)13-19-29)33(31)36-24-30-20-14-27(6-3)15-21-30/h4-21H,1-3,22-24H2. The summed E-state index contributed by atoms with van der Waals surface area (Å²) in [4.78, 5) is 0. The maximum absolute atomic E-state index is 6.28. The molecule has 0 bridgehead atoms. The van der Waals surface area contributed by atoms with Crippen molar-refractivity contribution in [3.63, 3.8) is 0 Å². The molecule has 0 aliphatic heterocycles. The lowest BCUT2D eigenvalue weighted by Crippen LogP contribution is -2.04. The fraction of sp³-hybridized carbons (Fsp3) is 0.0909. The molecule has 36 heavy (non-hydrogen) atoms. The fourth-order valence-electron chi connectivity index (χ4n) is 3.59. The summed E-state index contributed by atoms with van der Waals surface area (Å²) < 4.78 is 18.7. The van der Waals surface area contributed by atoms with Gasteiger partial charge in [-0.15, -0.1) is 0 Å². The van der Waals surface area contributed by atoms with Gasteiger partial charge in [0.25, 0.3) is 0 Å². The molecule has 3 nitrogen and oxygen atoms in total. The highest BCUT2D eigenvalue weighted by molar-refractivity contribution is 5.52. The number of hydrogen-bond donors (Lipinski definition) is 0. The molecule has 0 N–H and O–H groups in total. The largest absolute Gasteiger partial charge is 0.485 e. The summed E-state index contributed by atoms with van der Waals surface area (Å²) in [6.07, 6.45) is 5.47. The van der Waals surface area contributed by atoms with Crippen molar-refractivity contribution in [2.45, 2.75) is 19.8 Å².